The number of hydrogen-bond acceptors (Lipinski definition) is 1. The van der Waals surface area contributed by atoms with Crippen LogP contribution in [0, 0.1) is 11.8 Å². The van der Waals surface area contributed by atoms with Crippen molar-refractivity contribution in [3.8, 4) is 0 Å². The van der Waals surface area contributed by atoms with Crippen molar-refractivity contribution in [1.29, 1.82) is 0 Å². The summed E-state index contributed by atoms with van der Waals surface area (Å²) in [5, 5.41) is 4.40. The van der Waals surface area contributed by atoms with Gasteiger partial charge in [0.1, 0.15) is 0 Å². The number of nitrogens with one attached hydrogen (secondary N) is 1. The van der Waals surface area contributed by atoms with Crippen molar-refractivity contribution in [2.75, 3.05) is 5.33 Å². The molecule has 0 unspecified atom stereocenters. The fraction of sp³-hybridized carbons (Fsp3) is 0.938. The van der Waals surface area contributed by atoms with Crippen molar-refractivity contribution in [2.24, 2.45) is 11.8 Å². The minimum absolute atomic E-state index is 0.314. The molecule has 110 valence electrons. The van der Waals surface area contributed by atoms with Gasteiger partial charge >= 0.3 is 0 Å². The minimum Gasteiger partial charge on any atom is -0.353 e. The summed E-state index contributed by atoms with van der Waals surface area (Å²) < 4.78 is 0. The summed E-state index contributed by atoms with van der Waals surface area (Å²) in [6, 6.07) is 0.452. The normalized spacial score (nSPS) is 29.7. The lowest BCUT2D eigenvalue weighted by Gasteiger charge is -2.28. The van der Waals surface area contributed by atoms with Crippen LogP contribution in [0.5, 0.6) is 0 Å². The Morgan fingerprint density at radius 3 is 2.11 bits per heavy atom. The molecule has 0 atom stereocenters. The second-order valence-corrected chi connectivity index (χ2v) is 7.15. The number of amides is 1. The lowest BCUT2D eigenvalue weighted by Crippen LogP contribution is -2.38. The summed E-state index contributed by atoms with van der Waals surface area (Å²) in [4.78, 5) is 12.1. The molecule has 0 aromatic carbocycles. The molecule has 0 bridgehead atoms. The van der Waals surface area contributed by atoms with E-state index in [-0.39, 0.29) is 0 Å². The number of carbonyl (C=O) groups excluding carboxylic acids is 1. The van der Waals surface area contributed by atoms with E-state index in [9.17, 15) is 4.79 Å². The maximum absolute atomic E-state index is 12.1. The highest BCUT2D eigenvalue weighted by Gasteiger charge is 2.23. The number of alkyl halides is 1. The van der Waals surface area contributed by atoms with Gasteiger partial charge in [0.05, 0.1) is 0 Å². The van der Waals surface area contributed by atoms with Crippen LogP contribution in [0.1, 0.15) is 70.6 Å². The molecular weight excluding hydrogens is 302 g/mol. The van der Waals surface area contributed by atoms with Crippen LogP contribution in [0.2, 0.25) is 0 Å². The number of hydrogen-bond donors (Lipinski definition) is 1. The Bertz CT molecular complexity index is 266. The zero-order valence-corrected chi connectivity index (χ0v) is 13.6. The molecule has 1 amide bonds. The summed E-state index contributed by atoms with van der Waals surface area (Å²) in [5.74, 6) is 1.80. The van der Waals surface area contributed by atoms with E-state index in [1.54, 1.807) is 0 Å². The molecule has 3 heteroatoms. The molecule has 2 nitrogen and oxygen atoms in total. The first-order valence-corrected chi connectivity index (χ1v) is 9.25. The van der Waals surface area contributed by atoms with Crippen molar-refractivity contribution >= 4 is 21.8 Å². The highest BCUT2D eigenvalue weighted by molar-refractivity contribution is 9.09. The van der Waals surface area contributed by atoms with E-state index in [0.29, 0.717) is 17.9 Å². The van der Waals surface area contributed by atoms with Gasteiger partial charge in [0, 0.05) is 17.8 Å². The summed E-state index contributed by atoms with van der Waals surface area (Å²) in [7, 11) is 0. The zero-order valence-electron chi connectivity index (χ0n) is 12.0. The van der Waals surface area contributed by atoms with Gasteiger partial charge in [-0.1, -0.05) is 41.6 Å². The van der Waals surface area contributed by atoms with Gasteiger partial charge in [-0.3, -0.25) is 4.79 Å². The van der Waals surface area contributed by atoms with Crippen LogP contribution in [0.4, 0.5) is 0 Å². The summed E-state index contributed by atoms with van der Waals surface area (Å²) in [6.07, 6.45) is 13.6. The average molecular weight is 330 g/mol. The number of carbonyl (C=O) groups is 1. The third kappa shape index (κ3) is 5.45. The van der Waals surface area contributed by atoms with E-state index in [0.717, 1.165) is 17.7 Å². The SMILES string of the molecule is O=C(CC1CCCCCC1)NC1CCC(CBr)CC1. The molecule has 2 saturated carbocycles. The predicted octanol–water partition coefficient (Wildman–Crippen LogP) is 4.42. The van der Waals surface area contributed by atoms with Crippen molar-refractivity contribution < 1.29 is 4.79 Å². The second kappa shape index (κ2) is 8.28. The molecule has 0 aromatic heterocycles. The Kier molecular flexibility index (Phi) is 6.69. The number of rotatable bonds is 4. The molecule has 1 N–H and O–H groups in total. The quantitative estimate of drug-likeness (QED) is 0.600. The minimum atomic E-state index is 0.314. The van der Waals surface area contributed by atoms with Gasteiger partial charge in [0.2, 0.25) is 5.91 Å². The zero-order chi connectivity index (χ0) is 13.5. The number of halogens is 1. The third-order valence-electron chi connectivity index (χ3n) is 4.88. The molecule has 0 radical (unpaired) electrons. The first-order chi connectivity index (χ1) is 9.28. The lowest BCUT2D eigenvalue weighted by molar-refractivity contribution is -0.123. The molecule has 19 heavy (non-hydrogen) atoms. The first kappa shape index (κ1) is 15.3. The van der Waals surface area contributed by atoms with Crippen molar-refractivity contribution in [3.63, 3.8) is 0 Å². The topological polar surface area (TPSA) is 29.1 Å². The standard InChI is InChI=1S/C16H28BrNO/c17-12-14-7-9-15(10-8-14)18-16(19)11-13-5-3-1-2-4-6-13/h13-15H,1-12H2,(H,18,19). The van der Waals surface area contributed by atoms with Crippen LogP contribution in [-0.2, 0) is 4.79 Å². The molecule has 0 saturated heterocycles. The largest absolute Gasteiger partial charge is 0.353 e. The summed E-state index contributed by atoms with van der Waals surface area (Å²) in [6.45, 7) is 0. The van der Waals surface area contributed by atoms with Crippen LogP contribution >= 0.6 is 15.9 Å². The first-order valence-electron chi connectivity index (χ1n) is 8.13. The van der Waals surface area contributed by atoms with Crippen LogP contribution in [-0.4, -0.2) is 17.3 Å². The molecule has 2 aliphatic carbocycles. The molecular formula is C16H28BrNO. The molecule has 0 heterocycles. The monoisotopic (exact) mass is 329 g/mol. The lowest BCUT2D eigenvalue weighted by atomic mass is 9.87. The van der Waals surface area contributed by atoms with Crippen LogP contribution in [0.15, 0.2) is 0 Å². The van der Waals surface area contributed by atoms with E-state index in [1.807, 2.05) is 0 Å². The van der Waals surface area contributed by atoms with Gasteiger partial charge in [-0.25, -0.2) is 0 Å². The maximum atomic E-state index is 12.1. The molecule has 0 aromatic rings. The van der Waals surface area contributed by atoms with Gasteiger partial charge in [0.25, 0.3) is 0 Å². The predicted molar refractivity (Wildman–Crippen MR) is 83.5 cm³/mol. The summed E-state index contributed by atoms with van der Waals surface area (Å²) >= 11 is 3.57. The Morgan fingerprint density at radius 1 is 0.895 bits per heavy atom. The maximum Gasteiger partial charge on any atom is 0.220 e. The fourth-order valence-corrected chi connectivity index (χ4v) is 4.23. The molecule has 2 fully saturated rings. The molecule has 2 aliphatic rings. The van der Waals surface area contributed by atoms with E-state index in [4.69, 9.17) is 0 Å². The van der Waals surface area contributed by atoms with E-state index >= 15 is 0 Å². The fourth-order valence-electron chi connectivity index (χ4n) is 3.58. The van der Waals surface area contributed by atoms with Gasteiger partial charge in [-0.05, 0) is 50.4 Å². The van der Waals surface area contributed by atoms with Crippen LogP contribution < -0.4 is 5.32 Å². The Balaban J connectivity index is 1.66. The Labute approximate surface area is 126 Å². The average Bonchev–Trinajstić information content (AvgIpc) is 2.68. The highest BCUT2D eigenvalue weighted by Crippen LogP contribution is 2.27. The van der Waals surface area contributed by atoms with Crippen LogP contribution in [0.3, 0.4) is 0 Å². The van der Waals surface area contributed by atoms with Crippen molar-refractivity contribution in [1.82, 2.24) is 5.32 Å². The van der Waals surface area contributed by atoms with Crippen molar-refractivity contribution in [2.45, 2.75) is 76.7 Å². The Hall–Kier alpha value is -0.0500. The van der Waals surface area contributed by atoms with Gasteiger partial charge in [-0.2, -0.15) is 0 Å². The third-order valence-corrected chi connectivity index (χ3v) is 5.79. The second-order valence-electron chi connectivity index (χ2n) is 6.50. The molecule has 0 spiro atoms. The van der Waals surface area contributed by atoms with E-state index in [2.05, 4.69) is 21.2 Å². The van der Waals surface area contributed by atoms with E-state index in [1.165, 1.54) is 64.2 Å². The van der Waals surface area contributed by atoms with Gasteiger partial charge < -0.3 is 5.32 Å². The van der Waals surface area contributed by atoms with E-state index < -0.39 is 0 Å². The van der Waals surface area contributed by atoms with Gasteiger partial charge in [0.15, 0.2) is 0 Å². The summed E-state index contributed by atoms with van der Waals surface area (Å²) in [5.41, 5.74) is 0. The van der Waals surface area contributed by atoms with Gasteiger partial charge in [-0.15, -0.1) is 0 Å². The molecule has 0 aliphatic heterocycles. The van der Waals surface area contributed by atoms with Crippen molar-refractivity contribution in [3.05, 3.63) is 0 Å². The highest BCUT2D eigenvalue weighted by atomic mass is 79.9. The molecule has 2 rings (SSSR count). The smallest absolute Gasteiger partial charge is 0.220 e. The Morgan fingerprint density at radius 2 is 1.53 bits per heavy atom. The van der Waals surface area contributed by atoms with Crippen LogP contribution in [0.25, 0.3) is 0 Å².